The highest BCUT2D eigenvalue weighted by Gasteiger charge is 2.39. The Morgan fingerprint density at radius 2 is 1.29 bits per heavy atom. The molecule has 0 aliphatic rings. The van der Waals surface area contributed by atoms with Gasteiger partial charge in [-0.05, 0) is 34.1 Å². The molecule has 0 aliphatic heterocycles. The molecule has 0 bridgehead atoms. The van der Waals surface area contributed by atoms with Crippen molar-refractivity contribution >= 4 is 20.4 Å². The Labute approximate surface area is 112 Å². The highest BCUT2D eigenvalue weighted by atomic mass is 35.5. The van der Waals surface area contributed by atoms with E-state index >= 15 is 0 Å². The summed E-state index contributed by atoms with van der Waals surface area (Å²) in [5, 5.41) is 7.57. The van der Waals surface area contributed by atoms with E-state index in [9.17, 15) is 0 Å². The zero-order valence-electron chi connectivity index (χ0n) is 11.5. The number of halogens is 1. The van der Waals surface area contributed by atoms with Crippen LogP contribution in [0.15, 0.2) is 0 Å². The molecule has 0 atom stereocenters. The Kier molecular flexibility index (Phi) is 16.7. The van der Waals surface area contributed by atoms with Crippen LogP contribution in [-0.4, -0.2) is 46.2 Å². The summed E-state index contributed by atoms with van der Waals surface area (Å²) in [6.45, 7) is 9.71. The number of alkyl halides is 1. The van der Waals surface area contributed by atoms with Gasteiger partial charge in [0.15, 0.2) is 0 Å². The van der Waals surface area contributed by atoms with Crippen LogP contribution in [0, 0.1) is 0 Å². The second-order valence-corrected chi connectivity index (χ2v) is 6.20. The highest BCUT2D eigenvalue weighted by Crippen LogP contribution is 2.18. The van der Waals surface area contributed by atoms with Crippen molar-refractivity contribution in [2.45, 2.75) is 40.2 Å². The van der Waals surface area contributed by atoms with Crippen LogP contribution in [0.3, 0.4) is 0 Å². The van der Waals surface area contributed by atoms with Gasteiger partial charge in [-0.3, -0.25) is 0 Å². The maximum absolute atomic E-state index is 7.57. The molecule has 0 radical (unpaired) electrons. The molecule has 0 aromatic carbocycles. The molecule has 0 spiro atoms. The summed E-state index contributed by atoms with van der Waals surface area (Å²) in [4.78, 5) is 0. The molecule has 1 N–H and O–H groups in total. The topological polar surface area (TPSA) is 47.9 Å². The van der Waals surface area contributed by atoms with Crippen LogP contribution in [0.4, 0.5) is 0 Å². The minimum absolute atomic E-state index is 0.250. The van der Waals surface area contributed by atoms with Gasteiger partial charge < -0.3 is 18.4 Å². The molecule has 0 aromatic rings. The zero-order valence-corrected chi connectivity index (χ0v) is 13.3. The highest BCUT2D eigenvalue weighted by molar-refractivity contribution is 6.60. The third kappa shape index (κ3) is 11.2. The zero-order chi connectivity index (χ0) is 13.6. The molecule has 0 heterocycles. The van der Waals surface area contributed by atoms with Crippen LogP contribution in [0.2, 0.25) is 6.04 Å². The lowest BCUT2D eigenvalue weighted by Crippen LogP contribution is -2.46. The largest absolute Gasteiger partial charge is 0.500 e. The Morgan fingerprint density at radius 1 is 0.941 bits per heavy atom. The Balaban J connectivity index is 0. The summed E-state index contributed by atoms with van der Waals surface area (Å²) >= 11 is 5.66. The van der Waals surface area contributed by atoms with Crippen molar-refractivity contribution in [3.05, 3.63) is 0 Å². The number of aliphatic hydroxyl groups excluding tert-OH is 1. The van der Waals surface area contributed by atoms with Gasteiger partial charge in [0, 0.05) is 38.4 Å². The van der Waals surface area contributed by atoms with E-state index < -0.39 is 8.80 Å². The predicted octanol–water partition coefficient (Wildman–Crippen LogP) is 2.66. The second-order valence-electron chi connectivity index (χ2n) is 3.09. The lowest BCUT2D eigenvalue weighted by Gasteiger charge is -2.28. The monoisotopic (exact) mass is 286 g/mol. The fourth-order valence-corrected chi connectivity index (χ4v) is 4.25. The quantitative estimate of drug-likeness (QED) is 0.523. The SMILES string of the molecule is CCO.CCO[Si](CCCCl)(OCC)OCC. The first-order valence-corrected chi connectivity index (χ1v) is 8.71. The third-order valence-corrected chi connectivity index (χ3v) is 5.13. The van der Waals surface area contributed by atoms with Gasteiger partial charge in [-0.15, -0.1) is 11.6 Å². The molecule has 17 heavy (non-hydrogen) atoms. The fraction of sp³-hybridized carbons (Fsp3) is 1.00. The fourth-order valence-electron chi connectivity index (χ4n) is 1.28. The minimum atomic E-state index is -2.40. The van der Waals surface area contributed by atoms with Crippen molar-refractivity contribution in [2.75, 3.05) is 32.3 Å². The average Bonchev–Trinajstić information content (AvgIpc) is 2.29. The van der Waals surface area contributed by atoms with Gasteiger partial charge in [0.25, 0.3) is 0 Å². The van der Waals surface area contributed by atoms with E-state index in [1.54, 1.807) is 6.92 Å². The normalized spacial score (nSPS) is 10.9. The number of rotatable bonds is 9. The van der Waals surface area contributed by atoms with Crippen molar-refractivity contribution < 1.29 is 18.4 Å². The summed E-state index contributed by atoms with van der Waals surface area (Å²) in [6.07, 6.45) is 0.883. The first-order chi connectivity index (χ1) is 8.16. The molecule has 0 unspecified atom stereocenters. The van der Waals surface area contributed by atoms with Crippen molar-refractivity contribution in [1.82, 2.24) is 0 Å². The van der Waals surface area contributed by atoms with Crippen LogP contribution < -0.4 is 0 Å². The summed E-state index contributed by atoms with van der Waals surface area (Å²) in [7, 11) is -2.40. The molecule has 0 aliphatic carbocycles. The van der Waals surface area contributed by atoms with Crippen molar-refractivity contribution in [3.8, 4) is 0 Å². The first-order valence-electron chi connectivity index (χ1n) is 6.24. The van der Waals surface area contributed by atoms with Crippen LogP contribution in [-0.2, 0) is 13.3 Å². The second kappa shape index (κ2) is 14.4. The third-order valence-electron chi connectivity index (χ3n) is 1.71. The summed E-state index contributed by atoms with van der Waals surface area (Å²) in [5.41, 5.74) is 0. The molecule has 0 rings (SSSR count). The van der Waals surface area contributed by atoms with Gasteiger partial charge in [-0.25, -0.2) is 0 Å². The lowest BCUT2D eigenvalue weighted by atomic mass is 10.6. The van der Waals surface area contributed by atoms with Crippen molar-refractivity contribution in [3.63, 3.8) is 0 Å². The molecule has 0 aromatic heterocycles. The predicted molar refractivity (Wildman–Crippen MR) is 73.5 cm³/mol. The van der Waals surface area contributed by atoms with Crippen LogP contribution >= 0.6 is 11.6 Å². The Hall–Kier alpha value is 0.347. The Morgan fingerprint density at radius 3 is 1.53 bits per heavy atom. The average molecular weight is 287 g/mol. The van der Waals surface area contributed by atoms with E-state index in [1.807, 2.05) is 20.8 Å². The standard InChI is InChI=1S/C9H21ClO3Si.C2H6O/c1-4-11-14(12-5-2,13-6-3)9-7-8-10;1-2-3/h4-9H2,1-3H3;3H,2H2,1H3. The van der Waals surface area contributed by atoms with E-state index in [0.717, 1.165) is 12.5 Å². The van der Waals surface area contributed by atoms with Crippen LogP contribution in [0.1, 0.15) is 34.1 Å². The smallest absolute Gasteiger partial charge is 0.397 e. The van der Waals surface area contributed by atoms with Gasteiger partial charge in [-0.1, -0.05) is 0 Å². The Bertz CT molecular complexity index is 132. The number of hydrogen-bond donors (Lipinski definition) is 1. The summed E-state index contributed by atoms with van der Waals surface area (Å²) in [6, 6.07) is 0.812. The van der Waals surface area contributed by atoms with Crippen molar-refractivity contribution in [1.29, 1.82) is 0 Å². The summed E-state index contributed by atoms with van der Waals surface area (Å²) in [5.74, 6) is 0.627. The van der Waals surface area contributed by atoms with E-state index in [2.05, 4.69) is 0 Å². The molecular weight excluding hydrogens is 260 g/mol. The van der Waals surface area contributed by atoms with E-state index in [1.165, 1.54) is 0 Å². The van der Waals surface area contributed by atoms with Crippen LogP contribution in [0.25, 0.3) is 0 Å². The minimum Gasteiger partial charge on any atom is -0.397 e. The number of aliphatic hydroxyl groups is 1. The number of hydrogen-bond acceptors (Lipinski definition) is 4. The van der Waals surface area contributed by atoms with Gasteiger partial charge in [0.05, 0.1) is 0 Å². The molecular formula is C11H27ClO4Si. The van der Waals surface area contributed by atoms with Gasteiger partial charge >= 0.3 is 8.80 Å². The van der Waals surface area contributed by atoms with Crippen LogP contribution in [0.5, 0.6) is 0 Å². The van der Waals surface area contributed by atoms with Gasteiger partial charge in [-0.2, -0.15) is 0 Å². The van der Waals surface area contributed by atoms with Crippen molar-refractivity contribution in [2.24, 2.45) is 0 Å². The maximum atomic E-state index is 7.57. The molecule has 6 heteroatoms. The molecule has 4 nitrogen and oxygen atoms in total. The molecule has 106 valence electrons. The van der Waals surface area contributed by atoms with E-state index in [0.29, 0.717) is 25.7 Å². The summed E-state index contributed by atoms with van der Waals surface area (Å²) < 4.78 is 16.9. The lowest BCUT2D eigenvalue weighted by molar-refractivity contribution is 0.0712. The van der Waals surface area contributed by atoms with Gasteiger partial charge in [0.1, 0.15) is 0 Å². The maximum Gasteiger partial charge on any atom is 0.500 e. The molecule has 0 amide bonds. The van der Waals surface area contributed by atoms with E-state index in [4.69, 9.17) is 30.0 Å². The molecule has 0 saturated carbocycles. The molecule has 0 fully saturated rings. The molecule has 0 saturated heterocycles. The van der Waals surface area contributed by atoms with E-state index in [-0.39, 0.29) is 6.61 Å². The first kappa shape index (κ1) is 19.7. The van der Waals surface area contributed by atoms with Gasteiger partial charge in [0.2, 0.25) is 0 Å².